The van der Waals surface area contributed by atoms with Crippen LogP contribution in [0.4, 0.5) is 0 Å². The minimum atomic E-state index is 0. The summed E-state index contributed by atoms with van der Waals surface area (Å²) >= 11 is 3.52. The molecule has 0 unspecified atom stereocenters. The zero-order valence-corrected chi connectivity index (χ0v) is 19.8. The first kappa shape index (κ1) is 20.7. The van der Waals surface area contributed by atoms with E-state index >= 15 is 0 Å². The molecule has 0 fully saturated rings. The molecule has 1 aromatic carbocycles. The fourth-order valence-corrected chi connectivity index (χ4v) is 4.14. The lowest BCUT2D eigenvalue weighted by atomic mass is 10.0. The van der Waals surface area contributed by atoms with Gasteiger partial charge in [-0.15, -0.1) is 0 Å². The average Bonchev–Trinajstić information content (AvgIpc) is 3.54. The Morgan fingerprint density at radius 2 is 1.12 bits per heavy atom. The molecule has 151 valence electrons. The highest BCUT2D eigenvalue weighted by atomic mass is 79.9. The van der Waals surface area contributed by atoms with E-state index in [2.05, 4.69) is 92.6 Å². The van der Waals surface area contributed by atoms with Crippen LogP contribution < -0.4 is 0 Å². The summed E-state index contributed by atoms with van der Waals surface area (Å²) in [6.45, 7) is 0. The summed E-state index contributed by atoms with van der Waals surface area (Å²) in [5.74, 6) is 0. The summed E-state index contributed by atoms with van der Waals surface area (Å²) in [5, 5.41) is 0. The predicted molar refractivity (Wildman–Crippen MR) is 137 cm³/mol. The van der Waals surface area contributed by atoms with Crippen molar-refractivity contribution in [3.05, 3.63) is 106 Å². The normalized spacial score (nSPS) is 12.3. The molecule has 0 amide bonds. The van der Waals surface area contributed by atoms with E-state index in [1.165, 1.54) is 0 Å². The number of rotatable bonds is 1. The summed E-state index contributed by atoms with van der Waals surface area (Å²) in [5.41, 5.74) is 9.95. The Balaban J connectivity index is 0.00000216. The molecule has 32 heavy (non-hydrogen) atoms. The number of H-pyrrole nitrogens is 2. The summed E-state index contributed by atoms with van der Waals surface area (Å²) in [6, 6.07) is 24.8. The second-order valence-electron chi connectivity index (χ2n) is 7.60. The number of hydrogen-bond donors (Lipinski definition) is 2. The van der Waals surface area contributed by atoms with Crippen molar-refractivity contribution in [1.82, 2.24) is 19.9 Å². The number of fused-ring (bicyclic) bond motifs is 8. The monoisotopic (exact) mass is 491 g/mol. The molecule has 6 rings (SSSR count). The van der Waals surface area contributed by atoms with E-state index < -0.39 is 0 Å². The van der Waals surface area contributed by atoms with Gasteiger partial charge in [-0.1, -0.05) is 28.1 Å². The molecule has 4 nitrogen and oxygen atoms in total. The summed E-state index contributed by atoms with van der Waals surface area (Å²) in [4.78, 5) is 16.5. The van der Waals surface area contributed by atoms with Crippen LogP contribution in [0.5, 0.6) is 0 Å². The van der Waals surface area contributed by atoms with Crippen LogP contribution >= 0.6 is 15.9 Å². The van der Waals surface area contributed by atoms with Crippen molar-refractivity contribution in [2.75, 3.05) is 0 Å². The van der Waals surface area contributed by atoms with Crippen LogP contribution in [-0.2, 0) is 0 Å². The molecule has 5 heterocycles. The number of halogens is 1. The fourth-order valence-electron chi connectivity index (χ4n) is 3.87. The largest absolute Gasteiger partial charge is 0.355 e. The van der Waals surface area contributed by atoms with Crippen LogP contribution in [0.2, 0.25) is 0 Å². The molecule has 0 spiro atoms. The Bertz CT molecular complexity index is 1540. The smallest absolute Gasteiger partial charge is 0.0736 e. The zero-order chi connectivity index (χ0) is 20.8. The maximum absolute atomic E-state index is 4.92. The lowest BCUT2D eigenvalue weighted by molar-refractivity contribution is 1.30. The van der Waals surface area contributed by atoms with Crippen LogP contribution in [0.3, 0.4) is 0 Å². The van der Waals surface area contributed by atoms with Crippen molar-refractivity contribution in [2.45, 2.75) is 0 Å². The van der Waals surface area contributed by atoms with Crippen LogP contribution in [0, 0.1) is 0 Å². The number of benzene rings is 1. The molecule has 2 aliphatic rings. The highest BCUT2D eigenvalue weighted by Gasteiger charge is 2.12. The number of nitrogens with one attached hydrogen (secondary N) is 2. The molecule has 8 bridgehead atoms. The Hall–Kier alpha value is -3.17. The molecule has 2 aliphatic heterocycles. The number of aromatic amines is 2. The topological polar surface area (TPSA) is 57.4 Å². The summed E-state index contributed by atoms with van der Waals surface area (Å²) in [6.07, 6.45) is 6.19. The molecule has 0 saturated carbocycles. The molecular weight excluding hydrogens is 475 g/mol. The standard InChI is InChI=1S/C26H17BrN4.Al/c27-17-3-1-16(2-4-17)25-14-24-13-22-8-7-20(29-22)11-18-5-6-19(28-18)12-21-9-10-23(30-21)15-26(25)31-24;/h1-15,29-30H;. The molecule has 2 N–H and O–H groups in total. The van der Waals surface area contributed by atoms with Crippen molar-refractivity contribution in [1.29, 1.82) is 0 Å². The van der Waals surface area contributed by atoms with E-state index in [0.717, 1.165) is 60.5 Å². The Morgan fingerprint density at radius 1 is 0.594 bits per heavy atom. The minimum Gasteiger partial charge on any atom is -0.355 e. The van der Waals surface area contributed by atoms with Crippen molar-refractivity contribution in [2.24, 2.45) is 0 Å². The van der Waals surface area contributed by atoms with Gasteiger partial charge in [-0.2, -0.15) is 0 Å². The van der Waals surface area contributed by atoms with Gasteiger partial charge in [-0.05, 0) is 84.5 Å². The van der Waals surface area contributed by atoms with Crippen molar-refractivity contribution in [3.8, 4) is 0 Å². The third-order valence-corrected chi connectivity index (χ3v) is 5.85. The van der Waals surface area contributed by atoms with Crippen LogP contribution in [0.1, 0.15) is 28.3 Å². The molecule has 0 saturated heterocycles. The van der Waals surface area contributed by atoms with E-state index in [9.17, 15) is 0 Å². The first-order chi connectivity index (χ1) is 15.2. The van der Waals surface area contributed by atoms with Gasteiger partial charge in [-0.25, -0.2) is 9.97 Å². The molecule has 0 aliphatic carbocycles. The average molecular weight is 492 g/mol. The van der Waals surface area contributed by atoms with E-state index in [1.54, 1.807) is 0 Å². The number of hydrogen-bond acceptors (Lipinski definition) is 2. The van der Waals surface area contributed by atoms with Crippen molar-refractivity contribution in [3.63, 3.8) is 0 Å². The van der Waals surface area contributed by atoms with Gasteiger partial charge in [0.2, 0.25) is 0 Å². The van der Waals surface area contributed by atoms with Gasteiger partial charge >= 0.3 is 0 Å². The maximum atomic E-state index is 4.92. The van der Waals surface area contributed by atoms with Crippen LogP contribution in [0.25, 0.3) is 45.9 Å². The minimum absolute atomic E-state index is 0. The van der Waals surface area contributed by atoms with E-state index in [0.29, 0.717) is 0 Å². The quantitative estimate of drug-likeness (QED) is 0.259. The lowest BCUT2D eigenvalue weighted by Gasteiger charge is -2.02. The fraction of sp³-hybridized carbons (Fsp3) is 0. The van der Waals surface area contributed by atoms with Gasteiger partial charge in [0.05, 0.1) is 22.8 Å². The lowest BCUT2D eigenvalue weighted by Crippen LogP contribution is -1.84. The molecular formula is C26H17AlBrN4. The number of aromatic nitrogens is 4. The second-order valence-corrected chi connectivity index (χ2v) is 8.51. The van der Waals surface area contributed by atoms with Crippen LogP contribution in [0.15, 0.2) is 77.3 Å². The van der Waals surface area contributed by atoms with Gasteiger partial charge < -0.3 is 9.97 Å². The highest BCUT2D eigenvalue weighted by molar-refractivity contribution is 9.10. The van der Waals surface area contributed by atoms with Crippen molar-refractivity contribution < 1.29 is 0 Å². The zero-order valence-electron chi connectivity index (χ0n) is 17.0. The predicted octanol–water partition coefficient (Wildman–Crippen LogP) is 6.46. The van der Waals surface area contributed by atoms with Gasteiger partial charge in [0.25, 0.3) is 0 Å². The molecule has 3 radical (unpaired) electrons. The highest BCUT2D eigenvalue weighted by Crippen LogP contribution is 2.29. The Morgan fingerprint density at radius 3 is 1.72 bits per heavy atom. The first-order valence-corrected chi connectivity index (χ1v) is 10.8. The Labute approximate surface area is 204 Å². The van der Waals surface area contributed by atoms with Gasteiger partial charge in [0, 0.05) is 49.5 Å². The SMILES string of the molecule is Brc1ccc(C2=Cc3cc4ccc(cc5nc(cc6ccc(cc2n3)[nH]6)C=C5)[nH]4)cc1.[Al]. The molecule has 0 atom stereocenters. The summed E-state index contributed by atoms with van der Waals surface area (Å²) in [7, 11) is 0. The van der Waals surface area contributed by atoms with Crippen LogP contribution in [-0.4, -0.2) is 37.3 Å². The maximum Gasteiger partial charge on any atom is 0.0736 e. The molecule has 3 aromatic heterocycles. The third-order valence-electron chi connectivity index (χ3n) is 5.32. The first-order valence-electron chi connectivity index (χ1n) is 10.0. The van der Waals surface area contributed by atoms with Gasteiger partial charge in [-0.3, -0.25) is 0 Å². The molecule has 4 aromatic rings. The summed E-state index contributed by atoms with van der Waals surface area (Å²) < 4.78 is 1.06. The molecule has 6 heteroatoms. The van der Waals surface area contributed by atoms with Gasteiger partial charge in [0.1, 0.15) is 0 Å². The van der Waals surface area contributed by atoms with E-state index in [1.807, 2.05) is 24.3 Å². The second kappa shape index (κ2) is 8.40. The number of nitrogens with zero attached hydrogens (tertiary/aromatic N) is 2. The third kappa shape index (κ3) is 4.13. The van der Waals surface area contributed by atoms with Gasteiger partial charge in [0.15, 0.2) is 0 Å². The van der Waals surface area contributed by atoms with E-state index in [4.69, 9.17) is 9.97 Å². The Kier molecular flexibility index (Phi) is 5.44. The van der Waals surface area contributed by atoms with Crippen molar-refractivity contribution >= 4 is 79.2 Å². The van der Waals surface area contributed by atoms with E-state index in [-0.39, 0.29) is 17.4 Å².